The molecule has 0 radical (unpaired) electrons. The minimum absolute atomic E-state index is 0. The van der Waals surface area contributed by atoms with Crippen LogP contribution in [0.4, 0.5) is 0 Å². The molecule has 0 unspecified atom stereocenters. The van der Waals surface area contributed by atoms with Crippen molar-refractivity contribution in [1.29, 1.82) is 0 Å². The second-order valence-corrected chi connectivity index (χ2v) is 8.87. The molecule has 0 aliphatic rings. The van der Waals surface area contributed by atoms with Crippen molar-refractivity contribution in [3.63, 3.8) is 0 Å². The summed E-state index contributed by atoms with van der Waals surface area (Å²) in [6, 6.07) is 30.6. The van der Waals surface area contributed by atoms with Gasteiger partial charge in [-0.15, -0.1) is 0 Å². The maximum atomic E-state index is 5.91. The molecular weight excluding hydrogens is 665 g/mol. The van der Waals surface area contributed by atoms with E-state index in [1.54, 1.807) is 30.9 Å². The molecule has 0 amide bonds. The molecule has 8 rings (SSSR count). The van der Waals surface area contributed by atoms with E-state index in [4.69, 9.17) is 20.4 Å². The van der Waals surface area contributed by atoms with E-state index in [9.17, 15) is 0 Å². The Hall–Kier alpha value is -3.97. The third kappa shape index (κ3) is 7.26. The van der Waals surface area contributed by atoms with Crippen molar-refractivity contribution in [3.8, 4) is 11.3 Å². The van der Waals surface area contributed by atoms with Crippen molar-refractivity contribution in [2.24, 2.45) is 0 Å². The molecule has 6 aromatic heterocycles. The first-order valence-electron chi connectivity index (χ1n) is 12.4. The van der Waals surface area contributed by atoms with Gasteiger partial charge in [0, 0.05) is 39.9 Å². The van der Waals surface area contributed by atoms with Gasteiger partial charge in [0.1, 0.15) is 22.2 Å². The van der Waals surface area contributed by atoms with Gasteiger partial charge in [-0.2, -0.15) is 18.2 Å². The summed E-state index contributed by atoms with van der Waals surface area (Å²) in [5.74, 6) is 0. The van der Waals surface area contributed by atoms with Gasteiger partial charge >= 0.3 is 30.0 Å². The maximum Gasteiger partial charge on any atom is 0.153 e. The van der Waals surface area contributed by atoms with Crippen LogP contribution in [0.3, 0.4) is 0 Å². The van der Waals surface area contributed by atoms with Crippen LogP contribution < -0.4 is 0 Å². The Kier molecular flexibility index (Phi) is 11.3. The Morgan fingerprint density at radius 3 is 1.79 bits per heavy atom. The van der Waals surface area contributed by atoms with Gasteiger partial charge in [-0.1, -0.05) is 37.5 Å². The minimum Gasteiger partial charge on any atom is -0.454 e. The van der Waals surface area contributed by atoms with Crippen molar-refractivity contribution in [2.75, 3.05) is 0 Å². The molecule has 204 valence electrons. The average molecular weight is 689 g/mol. The molecule has 42 heavy (non-hydrogen) atoms. The molecule has 6 heterocycles. The summed E-state index contributed by atoms with van der Waals surface area (Å²) in [6.45, 7) is 0. The smallest absolute Gasteiger partial charge is 0.153 e. The molecule has 0 spiro atoms. The number of benzene rings is 2. The van der Waals surface area contributed by atoms with Crippen LogP contribution >= 0.6 is 25.2 Å². The second kappa shape index (κ2) is 15.3. The van der Waals surface area contributed by atoms with Crippen LogP contribution in [0.5, 0.6) is 0 Å². The summed E-state index contributed by atoms with van der Waals surface area (Å²) in [6.07, 6.45) is 9.66. The van der Waals surface area contributed by atoms with Gasteiger partial charge in [-0.3, -0.25) is 15.0 Å². The topological polar surface area (TPSA) is 77.8 Å². The molecular formula is C33H24BrClN4O2Zn. The molecule has 0 atom stereocenters. The molecule has 0 bridgehead atoms. The van der Waals surface area contributed by atoms with E-state index < -0.39 is 0 Å². The molecule has 0 aliphatic carbocycles. The predicted octanol–water partition coefficient (Wildman–Crippen LogP) is 10.0. The summed E-state index contributed by atoms with van der Waals surface area (Å²) in [5, 5.41) is 2.69. The number of pyridine rings is 4. The van der Waals surface area contributed by atoms with E-state index in [0.29, 0.717) is 5.02 Å². The molecule has 0 fully saturated rings. The van der Waals surface area contributed by atoms with E-state index in [1.165, 1.54) is 16.3 Å². The van der Waals surface area contributed by atoms with E-state index in [1.807, 2.05) is 84.9 Å². The predicted molar refractivity (Wildman–Crippen MR) is 170 cm³/mol. The normalized spacial score (nSPS) is 10.1. The molecule has 2 aromatic carbocycles. The first kappa shape index (κ1) is 31.0. The minimum atomic E-state index is 0. The Balaban J connectivity index is 0.000000155. The van der Waals surface area contributed by atoms with Crippen LogP contribution in [-0.2, 0) is 16.3 Å². The van der Waals surface area contributed by atoms with Crippen LogP contribution in [0, 0.1) is 6.20 Å². The number of aromatic nitrogens is 4. The van der Waals surface area contributed by atoms with Crippen molar-refractivity contribution in [2.45, 2.75) is 7.43 Å². The zero-order chi connectivity index (χ0) is 28.4. The van der Waals surface area contributed by atoms with Crippen molar-refractivity contribution in [1.82, 2.24) is 19.9 Å². The largest absolute Gasteiger partial charge is 0.454 e. The molecule has 0 saturated heterocycles. The Labute approximate surface area is 264 Å². The summed E-state index contributed by atoms with van der Waals surface area (Å²) >= 11 is 10.2. The standard InChI is InChI=1S/C16H10N2O.C11H6ClNO.C5H4N.CH4.BrH.Zn/c1-2-8-17-13(4-1)11-6-7-14-12(10-11)16-15(19-14)5-3-9-18-16;12-7-3-4-9-8(6-7)11-10(14-9)2-1-5-13-11;1-2-4-6-5-3-1;;;/h1-10H;1-6H;1-4H;1H4;1H;/q;;-1;;;+2/p-1. The fraction of sp³-hybridized carbons (Fsp3) is 0.0303. The summed E-state index contributed by atoms with van der Waals surface area (Å²) < 4.78 is 11.3. The first-order chi connectivity index (χ1) is 20.3. The van der Waals surface area contributed by atoms with Gasteiger partial charge in [0.25, 0.3) is 0 Å². The third-order valence-corrected chi connectivity index (χ3v) is 6.13. The Bertz CT molecular complexity index is 1970. The molecule has 8 aromatic rings. The number of furan rings is 2. The Morgan fingerprint density at radius 1 is 0.619 bits per heavy atom. The molecule has 0 aliphatic heterocycles. The Morgan fingerprint density at radius 2 is 1.24 bits per heavy atom. The maximum absolute atomic E-state index is 5.91. The number of fused-ring (bicyclic) bond motifs is 6. The van der Waals surface area contributed by atoms with Gasteiger partial charge in [0.15, 0.2) is 11.2 Å². The van der Waals surface area contributed by atoms with Crippen molar-refractivity contribution >= 4 is 69.4 Å². The van der Waals surface area contributed by atoms with Gasteiger partial charge < -0.3 is 13.8 Å². The number of nitrogens with zero attached hydrogens (tertiary/aromatic N) is 4. The van der Waals surface area contributed by atoms with Crippen LogP contribution in [0.25, 0.3) is 55.4 Å². The monoisotopic (exact) mass is 686 g/mol. The van der Waals surface area contributed by atoms with Gasteiger partial charge in [0.05, 0.1) is 5.69 Å². The first-order valence-corrected chi connectivity index (χ1v) is 19.7. The molecule has 0 saturated carbocycles. The SMILES string of the molecule is C.Clc1ccc2oc3cccnc3c2c1.[Zn+][Br].[c-]1ccccn1.c1ccc(-c2ccc3oc4cccnc4c3c2)nc1. The van der Waals surface area contributed by atoms with Crippen LogP contribution in [0.1, 0.15) is 7.43 Å². The summed E-state index contributed by atoms with van der Waals surface area (Å²) in [7, 11) is 0. The summed E-state index contributed by atoms with van der Waals surface area (Å²) in [4.78, 5) is 16.7. The molecule has 0 N–H and O–H groups in total. The molecule has 6 nitrogen and oxygen atoms in total. The van der Waals surface area contributed by atoms with Crippen molar-refractivity contribution in [3.05, 3.63) is 133 Å². The van der Waals surface area contributed by atoms with E-state index in [2.05, 4.69) is 45.8 Å². The quantitative estimate of drug-likeness (QED) is 0.126. The zero-order valence-electron chi connectivity index (χ0n) is 21.6. The van der Waals surface area contributed by atoms with E-state index in [0.717, 1.165) is 55.4 Å². The zero-order valence-corrected chi connectivity index (χ0v) is 26.9. The van der Waals surface area contributed by atoms with Gasteiger partial charge in [-0.05, 0) is 72.8 Å². The number of halogens is 2. The van der Waals surface area contributed by atoms with Gasteiger partial charge in [-0.25, -0.2) is 0 Å². The number of rotatable bonds is 1. The number of hydrogen-bond acceptors (Lipinski definition) is 6. The van der Waals surface area contributed by atoms with Crippen LogP contribution in [-0.4, -0.2) is 19.9 Å². The van der Waals surface area contributed by atoms with Gasteiger partial charge in [0.2, 0.25) is 0 Å². The van der Waals surface area contributed by atoms with Crippen LogP contribution in [0.2, 0.25) is 5.02 Å². The van der Waals surface area contributed by atoms with E-state index in [-0.39, 0.29) is 7.43 Å². The van der Waals surface area contributed by atoms with Crippen LogP contribution in [0.15, 0.2) is 131 Å². The number of hydrogen-bond donors (Lipinski definition) is 0. The second-order valence-electron chi connectivity index (χ2n) is 8.43. The summed E-state index contributed by atoms with van der Waals surface area (Å²) in [5.41, 5.74) is 7.08. The third-order valence-electron chi connectivity index (χ3n) is 5.89. The van der Waals surface area contributed by atoms with E-state index >= 15 is 0 Å². The average Bonchev–Trinajstić information content (AvgIpc) is 3.61. The molecule has 9 heteroatoms. The van der Waals surface area contributed by atoms with Crippen molar-refractivity contribution < 1.29 is 25.2 Å². The fourth-order valence-corrected chi connectivity index (χ4v) is 4.31. The fourth-order valence-electron chi connectivity index (χ4n) is 4.14.